The van der Waals surface area contributed by atoms with Gasteiger partial charge in [-0.1, -0.05) is 11.6 Å². The van der Waals surface area contributed by atoms with Crippen LogP contribution in [0.15, 0.2) is 12.1 Å². The molecule has 0 atom stereocenters. The lowest BCUT2D eigenvalue weighted by atomic mass is 9.91. The highest BCUT2D eigenvalue weighted by Crippen LogP contribution is 2.32. The maximum absolute atomic E-state index is 6.11. The monoisotopic (exact) mass is 227 g/mol. The fourth-order valence-corrected chi connectivity index (χ4v) is 1.83. The highest BCUT2D eigenvalue weighted by Gasteiger charge is 2.18. The fourth-order valence-electron chi connectivity index (χ4n) is 1.62. The predicted molar refractivity (Wildman–Crippen MR) is 64.6 cm³/mol. The van der Waals surface area contributed by atoms with Crippen LogP contribution in [-0.4, -0.2) is 6.61 Å². The van der Waals surface area contributed by atoms with Crippen molar-refractivity contribution in [1.82, 2.24) is 0 Å². The zero-order valence-corrected chi connectivity index (χ0v) is 10.5. The predicted octanol–water partition coefficient (Wildman–Crippen LogP) is 3.24. The lowest BCUT2D eigenvalue weighted by Crippen LogP contribution is -2.29. The molecule has 3 heteroatoms. The van der Waals surface area contributed by atoms with Gasteiger partial charge in [-0.25, -0.2) is 0 Å². The van der Waals surface area contributed by atoms with E-state index in [1.165, 1.54) is 0 Å². The van der Waals surface area contributed by atoms with Gasteiger partial charge in [-0.05, 0) is 51.0 Å². The Hall–Kier alpha value is -0.730. The third-order valence-electron chi connectivity index (χ3n) is 2.27. The second kappa shape index (κ2) is 4.42. The second-order valence-corrected chi connectivity index (χ2v) is 4.66. The van der Waals surface area contributed by atoms with Crippen LogP contribution in [0.1, 0.15) is 31.9 Å². The average molecular weight is 228 g/mol. The van der Waals surface area contributed by atoms with Crippen LogP contribution >= 0.6 is 11.6 Å². The molecule has 0 aliphatic heterocycles. The molecule has 0 aliphatic carbocycles. The molecule has 2 nitrogen and oxygen atoms in total. The van der Waals surface area contributed by atoms with Crippen LogP contribution in [0.4, 0.5) is 0 Å². The van der Waals surface area contributed by atoms with Crippen LogP contribution in [0.5, 0.6) is 5.75 Å². The number of hydrogen-bond donors (Lipinski definition) is 1. The standard InChI is InChI=1S/C12H18ClNO/c1-5-15-11-6-8(2)9(7-10(11)13)12(3,4)14/h6-7H,5,14H2,1-4H3. The third kappa shape index (κ3) is 2.86. The lowest BCUT2D eigenvalue weighted by Gasteiger charge is -2.22. The SMILES string of the molecule is CCOc1cc(C)c(C(C)(C)N)cc1Cl. The summed E-state index contributed by atoms with van der Waals surface area (Å²) in [5, 5.41) is 0.621. The smallest absolute Gasteiger partial charge is 0.138 e. The molecule has 0 saturated heterocycles. The summed E-state index contributed by atoms with van der Waals surface area (Å²) < 4.78 is 5.41. The zero-order chi connectivity index (χ0) is 11.6. The molecular formula is C12H18ClNO. The van der Waals surface area contributed by atoms with Crippen LogP contribution in [0, 0.1) is 6.92 Å². The van der Waals surface area contributed by atoms with E-state index in [2.05, 4.69) is 0 Å². The summed E-state index contributed by atoms with van der Waals surface area (Å²) in [5.41, 5.74) is 7.83. The molecular weight excluding hydrogens is 210 g/mol. The first-order valence-electron chi connectivity index (χ1n) is 5.08. The van der Waals surface area contributed by atoms with Gasteiger partial charge in [-0.15, -0.1) is 0 Å². The van der Waals surface area contributed by atoms with Crippen molar-refractivity contribution in [3.05, 3.63) is 28.3 Å². The van der Waals surface area contributed by atoms with E-state index in [4.69, 9.17) is 22.1 Å². The van der Waals surface area contributed by atoms with Gasteiger partial charge in [0.1, 0.15) is 5.75 Å². The Morgan fingerprint density at radius 1 is 1.40 bits per heavy atom. The van der Waals surface area contributed by atoms with Gasteiger partial charge in [0, 0.05) is 5.54 Å². The van der Waals surface area contributed by atoms with Crippen molar-refractivity contribution in [3.8, 4) is 5.75 Å². The van der Waals surface area contributed by atoms with Gasteiger partial charge in [0.2, 0.25) is 0 Å². The van der Waals surface area contributed by atoms with Gasteiger partial charge in [-0.3, -0.25) is 0 Å². The van der Waals surface area contributed by atoms with E-state index in [1.807, 2.05) is 39.8 Å². The van der Waals surface area contributed by atoms with Gasteiger partial charge in [0.05, 0.1) is 11.6 Å². The Morgan fingerprint density at radius 3 is 2.47 bits per heavy atom. The van der Waals surface area contributed by atoms with Crippen molar-refractivity contribution >= 4 is 11.6 Å². The van der Waals surface area contributed by atoms with Crippen LogP contribution in [0.25, 0.3) is 0 Å². The van der Waals surface area contributed by atoms with Crippen molar-refractivity contribution in [3.63, 3.8) is 0 Å². The minimum absolute atomic E-state index is 0.377. The van der Waals surface area contributed by atoms with E-state index < -0.39 is 0 Å². The lowest BCUT2D eigenvalue weighted by molar-refractivity contribution is 0.340. The Morgan fingerprint density at radius 2 is 2.00 bits per heavy atom. The molecule has 1 aromatic rings. The van der Waals surface area contributed by atoms with Crippen LogP contribution < -0.4 is 10.5 Å². The van der Waals surface area contributed by atoms with Crippen LogP contribution in [-0.2, 0) is 5.54 Å². The van der Waals surface area contributed by atoms with E-state index in [1.54, 1.807) is 0 Å². The summed E-state index contributed by atoms with van der Waals surface area (Å²) in [5.74, 6) is 0.727. The molecule has 0 radical (unpaired) electrons. The van der Waals surface area contributed by atoms with E-state index >= 15 is 0 Å². The molecule has 0 aliphatic rings. The fraction of sp³-hybridized carbons (Fsp3) is 0.500. The Bertz CT molecular complexity index is 355. The van der Waals surface area contributed by atoms with Crippen molar-refractivity contribution in [2.24, 2.45) is 5.73 Å². The summed E-state index contributed by atoms with van der Waals surface area (Å²) >= 11 is 6.11. The molecule has 0 spiro atoms. The number of halogens is 1. The van der Waals surface area contributed by atoms with Crippen molar-refractivity contribution in [2.45, 2.75) is 33.2 Å². The highest BCUT2D eigenvalue weighted by molar-refractivity contribution is 6.32. The van der Waals surface area contributed by atoms with E-state index in [9.17, 15) is 0 Å². The minimum atomic E-state index is -0.377. The molecule has 0 aromatic heterocycles. The van der Waals surface area contributed by atoms with Crippen LogP contribution in [0.2, 0.25) is 5.02 Å². The number of ether oxygens (including phenoxy) is 1. The van der Waals surface area contributed by atoms with E-state index in [0.717, 1.165) is 16.9 Å². The minimum Gasteiger partial charge on any atom is -0.492 e. The van der Waals surface area contributed by atoms with Gasteiger partial charge in [0.25, 0.3) is 0 Å². The van der Waals surface area contributed by atoms with Crippen molar-refractivity contribution in [2.75, 3.05) is 6.61 Å². The van der Waals surface area contributed by atoms with Gasteiger partial charge >= 0.3 is 0 Å². The molecule has 0 amide bonds. The Kier molecular flexibility index (Phi) is 3.63. The summed E-state index contributed by atoms with van der Waals surface area (Å²) in [7, 11) is 0. The van der Waals surface area contributed by atoms with Gasteiger partial charge in [-0.2, -0.15) is 0 Å². The molecule has 15 heavy (non-hydrogen) atoms. The summed E-state index contributed by atoms with van der Waals surface area (Å²) in [6.45, 7) is 8.50. The number of aryl methyl sites for hydroxylation is 1. The van der Waals surface area contributed by atoms with Gasteiger partial charge in [0.15, 0.2) is 0 Å². The highest BCUT2D eigenvalue weighted by atomic mass is 35.5. The van der Waals surface area contributed by atoms with Crippen molar-refractivity contribution < 1.29 is 4.74 Å². The Balaban J connectivity index is 3.20. The van der Waals surface area contributed by atoms with E-state index in [0.29, 0.717) is 11.6 Å². The second-order valence-electron chi connectivity index (χ2n) is 4.25. The molecule has 1 rings (SSSR count). The van der Waals surface area contributed by atoms with Gasteiger partial charge < -0.3 is 10.5 Å². The topological polar surface area (TPSA) is 35.2 Å². The maximum Gasteiger partial charge on any atom is 0.138 e. The normalized spacial score (nSPS) is 11.6. The summed E-state index contributed by atoms with van der Waals surface area (Å²) in [4.78, 5) is 0. The first-order chi connectivity index (χ1) is 6.86. The first-order valence-corrected chi connectivity index (χ1v) is 5.46. The quantitative estimate of drug-likeness (QED) is 0.861. The summed E-state index contributed by atoms with van der Waals surface area (Å²) in [6.07, 6.45) is 0. The number of rotatable bonds is 3. The maximum atomic E-state index is 6.11. The zero-order valence-electron chi connectivity index (χ0n) is 9.73. The molecule has 0 unspecified atom stereocenters. The number of hydrogen-bond acceptors (Lipinski definition) is 2. The molecule has 84 valence electrons. The molecule has 1 aromatic carbocycles. The summed E-state index contributed by atoms with van der Waals surface area (Å²) in [6, 6.07) is 3.83. The van der Waals surface area contributed by atoms with E-state index in [-0.39, 0.29) is 5.54 Å². The molecule has 0 heterocycles. The molecule has 0 bridgehead atoms. The molecule has 0 fully saturated rings. The van der Waals surface area contributed by atoms with Crippen LogP contribution in [0.3, 0.4) is 0 Å². The first kappa shape index (κ1) is 12.3. The molecule has 2 N–H and O–H groups in total. The van der Waals surface area contributed by atoms with Crippen molar-refractivity contribution in [1.29, 1.82) is 0 Å². The number of benzene rings is 1. The largest absolute Gasteiger partial charge is 0.492 e. The Labute approximate surface area is 96.4 Å². The number of nitrogens with two attached hydrogens (primary N) is 1. The third-order valence-corrected chi connectivity index (χ3v) is 2.57. The average Bonchev–Trinajstić information content (AvgIpc) is 2.09. The molecule has 0 saturated carbocycles.